The Kier molecular flexibility index (Phi) is 1.99. The number of fused-ring (bicyclic) bond motifs is 3. The van der Waals surface area contributed by atoms with Crippen LogP contribution in [0.1, 0.15) is 17.0 Å². The molecule has 2 aromatic rings. The van der Waals surface area contributed by atoms with Crippen LogP contribution in [0.25, 0.3) is 11.1 Å². The quantitative estimate of drug-likeness (QED) is 0.629. The number of hydrogen-bond donors (Lipinski definition) is 0. The van der Waals surface area contributed by atoms with Crippen molar-refractivity contribution in [2.45, 2.75) is 12.0 Å². The second kappa shape index (κ2) is 3.35. The predicted octanol–water partition coefficient (Wildman–Crippen LogP) is 3.39. The minimum Gasteiger partial charge on any atom is -0.0619 e. The SMILES string of the molecule is [Si]CC1c2ccccc2-c2ccccc21. The summed E-state index contributed by atoms with van der Waals surface area (Å²) in [5.74, 6) is 0.522. The highest BCUT2D eigenvalue weighted by Crippen LogP contribution is 2.45. The van der Waals surface area contributed by atoms with E-state index in [9.17, 15) is 0 Å². The van der Waals surface area contributed by atoms with E-state index in [1.807, 2.05) is 0 Å². The molecule has 0 saturated carbocycles. The molecular formula is C14H11Si. The van der Waals surface area contributed by atoms with Crippen LogP contribution in [0.3, 0.4) is 0 Å². The third kappa shape index (κ3) is 1.20. The number of hydrogen-bond acceptors (Lipinski definition) is 0. The van der Waals surface area contributed by atoms with Gasteiger partial charge in [0.2, 0.25) is 0 Å². The van der Waals surface area contributed by atoms with E-state index in [1.165, 1.54) is 22.3 Å². The molecule has 3 rings (SSSR count). The maximum Gasteiger partial charge on any atom is 0.0233 e. The summed E-state index contributed by atoms with van der Waals surface area (Å²) in [6.07, 6.45) is 0. The van der Waals surface area contributed by atoms with E-state index in [2.05, 4.69) is 58.8 Å². The van der Waals surface area contributed by atoms with Crippen LogP contribution < -0.4 is 0 Å². The Morgan fingerprint density at radius 1 is 0.800 bits per heavy atom. The molecule has 0 saturated heterocycles. The van der Waals surface area contributed by atoms with Gasteiger partial charge in [0.15, 0.2) is 0 Å². The van der Waals surface area contributed by atoms with Gasteiger partial charge in [0, 0.05) is 16.2 Å². The van der Waals surface area contributed by atoms with E-state index in [-0.39, 0.29) is 0 Å². The lowest BCUT2D eigenvalue weighted by atomic mass is 9.99. The molecule has 15 heavy (non-hydrogen) atoms. The van der Waals surface area contributed by atoms with E-state index in [0.29, 0.717) is 5.92 Å². The average Bonchev–Trinajstić information content (AvgIpc) is 2.63. The van der Waals surface area contributed by atoms with Crippen molar-refractivity contribution >= 4 is 10.2 Å². The van der Waals surface area contributed by atoms with Gasteiger partial charge in [-0.15, -0.1) is 0 Å². The van der Waals surface area contributed by atoms with Gasteiger partial charge < -0.3 is 0 Å². The van der Waals surface area contributed by atoms with E-state index in [1.54, 1.807) is 0 Å². The lowest BCUT2D eigenvalue weighted by molar-refractivity contribution is 0.953. The maximum atomic E-state index is 3.67. The molecule has 0 fully saturated rings. The lowest BCUT2D eigenvalue weighted by Crippen LogP contribution is -1.94. The zero-order valence-corrected chi connectivity index (χ0v) is 9.40. The molecule has 0 aromatic heterocycles. The highest BCUT2D eigenvalue weighted by atomic mass is 28.1. The first kappa shape index (κ1) is 8.92. The number of benzene rings is 2. The summed E-state index contributed by atoms with van der Waals surface area (Å²) in [5, 5.41) is 0. The van der Waals surface area contributed by atoms with Crippen molar-refractivity contribution in [1.29, 1.82) is 0 Å². The lowest BCUT2D eigenvalue weighted by Gasteiger charge is -2.09. The van der Waals surface area contributed by atoms with Crippen LogP contribution in [0.4, 0.5) is 0 Å². The van der Waals surface area contributed by atoms with E-state index in [4.69, 9.17) is 0 Å². The fourth-order valence-electron chi connectivity index (χ4n) is 2.48. The second-order valence-corrected chi connectivity index (χ2v) is 4.34. The maximum absolute atomic E-state index is 3.67. The summed E-state index contributed by atoms with van der Waals surface area (Å²) in [6, 6.07) is 18.4. The van der Waals surface area contributed by atoms with Crippen LogP contribution in [0.5, 0.6) is 0 Å². The Labute approximate surface area is 93.4 Å². The van der Waals surface area contributed by atoms with Crippen molar-refractivity contribution in [3.63, 3.8) is 0 Å². The summed E-state index contributed by atoms with van der Waals surface area (Å²) < 4.78 is 0. The molecule has 0 nitrogen and oxygen atoms in total. The standard InChI is InChI=1S/C14H11Si/c15-9-14-12-7-3-1-5-10(12)11-6-2-4-8-13(11)14/h1-8,14H,9H2. The van der Waals surface area contributed by atoms with Gasteiger partial charge in [-0.25, -0.2) is 0 Å². The average molecular weight is 207 g/mol. The summed E-state index contributed by atoms with van der Waals surface area (Å²) in [7, 11) is 3.67. The molecule has 0 bridgehead atoms. The van der Waals surface area contributed by atoms with E-state index in [0.717, 1.165) is 6.04 Å². The number of rotatable bonds is 1. The smallest absolute Gasteiger partial charge is 0.0233 e. The summed E-state index contributed by atoms with van der Waals surface area (Å²) >= 11 is 0. The minimum absolute atomic E-state index is 0.522. The van der Waals surface area contributed by atoms with Crippen LogP contribution in [0, 0.1) is 0 Å². The zero-order chi connectivity index (χ0) is 10.3. The van der Waals surface area contributed by atoms with Crippen LogP contribution >= 0.6 is 0 Å². The molecule has 1 heteroatoms. The molecule has 1 aliphatic carbocycles. The fraction of sp³-hybridized carbons (Fsp3) is 0.143. The monoisotopic (exact) mass is 207 g/mol. The zero-order valence-electron chi connectivity index (χ0n) is 8.40. The summed E-state index contributed by atoms with van der Waals surface area (Å²) in [6.45, 7) is 0. The van der Waals surface area contributed by atoms with Crippen molar-refractivity contribution in [2.24, 2.45) is 0 Å². The van der Waals surface area contributed by atoms with Crippen LogP contribution in [0.2, 0.25) is 6.04 Å². The molecule has 2 aromatic carbocycles. The molecule has 71 valence electrons. The van der Waals surface area contributed by atoms with E-state index < -0.39 is 0 Å². The van der Waals surface area contributed by atoms with Gasteiger partial charge in [-0.2, -0.15) is 0 Å². The third-order valence-electron chi connectivity index (χ3n) is 3.17. The molecule has 0 aliphatic heterocycles. The fourth-order valence-corrected chi connectivity index (χ4v) is 2.92. The van der Waals surface area contributed by atoms with Crippen molar-refractivity contribution in [1.82, 2.24) is 0 Å². The van der Waals surface area contributed by atoms with Gasteiger partial charge in [0.1, 0.15) is 0 Å². The highest BCUT2D eigenvalue weighted by Gasteiger charge is 2.25. The van der Waals surface area contributed by atoms with Gasteiger partial charge in [-0.3, -0.25) is 0 Å². The first-order valence-corrected chi connectivity index (χ1v) is 5.95. The molecule has 0 unspecified atom stereocenters. The molecule has 3 radical (unpaired) electrons. The van der Waals surface area contributed by atoms with E-state index >= 15 is 0 Å². The van der Waals surface area contributed by atoms with Crippen LogP contribution in [-0.2, 0) is 0 Å². The largest absolute Gasteiger partial charge is 0.0619 e. The van der Waals surface area contributed by atoms with Crippen molar-refractivity contribution in [3.05, 3.63) is 59.7 Å². The second-order valence-electron chi connectivity index (χ2n) is 3.93. The Balaban J connectivity index is 2.31. The Bertz CT molecular complexity index is 457. The first-order valence-electron chi connectivity index (χ1n) is 5.24. The van der Waals surface area contributed by atoms with Crippen molar-refractivity contribution in [2.75, 3.05) is 0 Å². The van der Waals surface area contributed by atoms with Gasteiger partial charge in [0.05, 0.1) is 0 Å². The molecule has 0 atom stereocenters. The minimum atomic E-state index is 0.522. The van der Waals surface area contributed by atoms with Crippen LogP contribution in [-0.4, -0.2) is 10.2 Å². The van der Waals surface area contributed by atoms with Crippen molar-refractivity contribution < 1.29 is 0 Å². The van der Waals surface area contributed by atoms with Gasteiger partial charge in [-0.05, 0) is 22.3 Å². The third-order valence-corrected chi connectivity index (χ3v) is 3.57. The van der Waals surface area contributed by atoms with Crippen LogP contribution in [0.15, 0.2) is 48.5 Å². The Morgan fingerprint density at radius 2 is 1.27 bits per heavy atom. The molecule has 0 N–H and O–H groups in total. The van der Waals surface area contributed by atoms with Crippen molar-refractivity contribution in [3.8, 4) is 11.1 Å². The predicted molar refractivity (Wildman–Crippen MR) is 64.3 cm³/mol. The molecule has 0 amide bonds. The summed E-state index contributed by atoms with van der Waals surface area (Å²) in [4.78, 5) is 0. The molecular weight excluding hydrogens is 196 g/mol. The van der Waals surface area contributed by atoms with Gasteiger partial charge >= 0.3 is 0 Å². The topological polar surface area (TPSA) is 0 Å². The normalized spacial score (nSPS) is 13.7. The molecule has 1 aliphatic rings. The Morgan fingerprint density at radius 3 is 1.73 bits per heavy atom. The highest BCUT2D eigenvalue weighted by molar-refractivity contribution is 6.09. The molecule has 0 spiro atoms. The van der Waals surface area contributed by atoms with Gasteiger partial charge in [-0.1, -0.05) is 54.6 Å². The van der Waals surface area contributed by atoms with Gasteiger partial charge in [0.25, 0.3) is 0 Å². The summed E-state index contributed by atoms with van der Waals surface area (Å²) in [5.41, 5.74) is 5.70. The molecule has 0 heterocycles. The first-order chi connectivity index (χ1) is 7.42. The Hall–Kier alpha value is -1.34.